The maximum Gasteiger partial charge on any atom is 0.298 e. The first-order valence-electron chi connectivity index (χ1n) is 12.1. The van der Waals surface area contributed by atoms with Crippen LogP contribution < -0.4 is 16.6 Å². The number of carbonyl (C=O) groups excluding carboxylic acids is 2. The summed E-state index contributed by atoms with van der Waals surface area (Å²) in [5.41, 5.74) is 8.25. The standard InChI is InChI=1S/C27H28N8O2/c1-3-4-5-24(36)33-13-11-21(16-33)35-22-15-29-17-34(28)26(22)25(32-35)19-6-8-20(9-7-19)27(37)31-23-14-18(2)10-12-30-23/h6-10,12,14-15,17,21,32H,3,11,13,16,28H2,1-2H3,(H,30,31,37)/t21-/m1/s1. The van der Waals surface area contributed by atoms with E-state index in [2.05, 4.69) is 32.6 Å². The maximum absolute atomic E-state index is 12.7. The van der Waals surface area contributed by atoms with Crippen molar-refractivity contribution in [2.75, 3.05) is 18.4 Å². The van der Waals surface area contributed by atoms with Gasteiger partial charge >= 0.3 is 0 Å². The number of nitrogens with one attached hydrogen (secondary N) is 2. The third-order valence-electron chi connectivity index (χ3n) is 6.40. The van der Waals surface area contributed by atoms with E-state index in [1.165, 1.54) is 5.01 Å². The summed E-state index contributed by atoms with van der Waals surface area (Å²) in [6.45, 7) is 5.04. The number of rotatable bonds is 4. The van der Waals surface area contributed by atoms with E-state index >= 15 is 0 Å². The Labute approximate surface area is 215 Å². The monoisotopic (exact) mass is 496 g/mol. The Hall–Kier alpha value is -4.62. The summed E-state index contributed by atoms with van der Waals surface area (Å²) in [5, 5.41) is 6.33. The van der Waals surface area contributed by atoms with Gasteiger partial charge in [0.25, 0.3) is 11.8 Å². The smallest absolute Gasteiger partial charge is 0.298 e. The molecule has 3 aliphatic rings. The number of anilines is 1. The number of hydrogen-bond donors (Lipinski definition) is 3. The summed E-state index contributed by atoms with van der Waals surface area (Å²) in [6.07, 6.45) is 6.40. The van der Waals surface area contributed by atoms with Crippen LogP contribution in [0.5, 0.6) is 0 Å². The zero-order valence-electron chi connectivity index (χ0n) is 20.7. The molecular weight excluding hydrogens is 468 g/mol. The molecule has 1 aromatic carbocycles. The lowest BCUT2D eigenvalue weighted by Gasteiger charge is -2.29. The first kappa shape index (κ1) is 24.1. The Morgan fingerprint density at radius 3 is 2.81 bits per heavy atom. The molecule has 10 heteroatoms. The molecule has 2 aromatic rings. The Morgan fingerprint density at radius 1 is 1.24 bits per heavy atom. The predicted molar refractivity (Wildman–Crippen MR) is 141 cm³/mol. The molecule has 1 atom stereocenters. The highest BCUT2D eigenvalue weighted by Crippen LogP contribution is 2.36. The van der Waals surface area contributed by atoms with Crippen LogP contribution in [0.15, 0.2) is 65.2 Å². The van der Waals surface area contributed by atoms with Crippen molar-refractivity contribution in [3.05, 3.63) is 76.9 Å². The van der Waals surface area contributed by atoms with E-state index in [1.54, 1.807) is 35.8 Å². The lowest BCUT2D eigenvalue weighted by atomic mass is 10.1. The molecule has 10 nitrogen and oxygen atoms in total. The highest BCUT2D eigenvalue weighted by Gasteiger charge is 2.39. The second-order valence-corrected chi connectivity index (χ2v) is 8.99. The molecule has 4 heterocycles. The molecule has 37 heavy (non-hydrogen) atoms. The largest absolute Gasteiger partial charge is 0.330 e. The summed E-state index contributed by atoms with van der Waals surface area (Å²) >= 11 is 0. The van der Waals surface area contributed by atoms with E-state index in [1.807, 2.05) is 43.1 Å². The minimum absolute atomic E-state index is 0.0275. The van der Waals surface area contributed by atoms with Crippen molar-refractivity contribution in [3.63, 3.8) is 0 Å². The van der Waals surface area contributed by atoms with Gasteiger partial charge in [-0.1, -0.05) is 25.0 Å². The first-order chi connectivity index (χ1) is 17.9. The molecule has 0 spiro atoms. The molecule has 3 aliphatic heterocycles. The van der Waals surface area contributed by atoms with Crippen LogP contribution in [0.3, 0.4) is 0 Å². The van der Waals surface area contributed by atoms with E-state index in [0.29, 0.717) is 30.9 Å². The second kappa shape index (κ2) is 10.2. The number of nitrogens with zero attached hydrogens (tertiary/aromatic N) is 5. The van der Waals surface area contributed by atoms with Crippen LogP contribution in [-0.4, -0.2) is 57.2 Å². The number of aryl methyl sites for hydroxylation is 1. The van der Waals surface area contributed by atoms with Gasteiger partial charge in [0.1, 0.15) is 23.6 Å². The Kier molecular flexibility index (Phi) is 6.62. The van der Waals surface area contributed by atoms with Crippen molar-refractivity contribution >= 4 is 29.7 Å². The Morgan fingerprint density at radius 2 is 2.05 bits per heavy atom. The number of nitrogens with two attached hydrogens (primary N) is 1. The minimum atomic E-state index is -0.240. The lowest BCUT2D eigenvalue weighted by molar-refractivity contribution is -0.124. The van der Waals surface area contributed by atoms with Crippen molar-refractivity contribution in [1.82, 2.24) is 25.3 Å². The minimum Gasteiger partial charge on any atom is -0.330 e. The van der Waals surface area contributed by atoms with Gasteiger partial charge in [-0.05, 0) is 49.1 Å². The molecule has 0 saturated carbocycles. The number of amides is 2. The zero-order valence-corrected chi connectivity index (χ0v) is 20.7. The molecule has 2 amide bonds. The first-order valence-corrected chi connectivity index (χ1v) is 12.1. The highest BCUT2D eigenvalue weighted by molar-refractivity contribution is 6.04. The van der Waals surface area contributed by atoms with Crippen molar-refractivity contribution in [1.29, 1.82) is 0 Å². The molecule has 1 fully saturated rings. The van der Waals surface area contributed by atoms with Gasteiger partial charge < -0.3 is 10.2 Å². The average molecular weight is 497 g/mol. The zero-order chi connectivity index (χ0) is 25.9. The number of aliphatic imine (C=N–C) groups is 1. The van der Waals surface area contributed by atoms with E-state index < -0.39 is 0 Å². The van der Waals surface area contributed by atoms with Crippen LogP contribution in [0.25, 0.3) is 5.70 Å². The number of pyridine rings is 1. The van der Waals surface area contributed by atoms with E-state index in [-0.39, 0.29) is 17.9 Å². The molecule has 5 rings (SSSR count). The number of fused-ring (bicyclic) bond motifs is 1. The molecule has 0 aliphatic carbocycles. The van der Waals surface area contributed by atoms with Crippen molar-refractivity contribution in [2.24, 2.45) is 10.8 Å². The van der Waals surface area contributed by atoms with E-state index in [0.717, 1.165) is 34.6 Å². The number of hydrazine groups is 2. The number of benzene rings is 1. The highest BCUT2D eigenvalue weighted by atomic mass is 16.2. The second-order valence-electron chi connectivity index (χ2n) is 8.99. The fourth-order valence-corrected chi connectivity index (χ4v) is 4.54. The van der Waals surface area contributed by atoms with Gasteiger partial charge in [0.05, 0.1) is 17.9 Å². The molecule has 0 bridgehead atoms. The molecule has 188 valence electrons. The predicted octanol–water partition coefficient (Wildman–Crippen LogP) is 2.20. The Bertz CT molecular complexity index is 1380. The third-order valence-corrected chi connectivity index (χ3v) is 6.40. The van der Waals surface area contributed by atoms with Crippen molar-refractivity contribution in [3.8, 4) is 11.8 Å². The molecule has 1 aromatic heterocycles. The van der Waals surface area contributed by atoms with Gasteiger partial charge in [0.2, 0.25) is 0 Å². The number of aromatic nitrogens is 1. The van der Waals surface area contributed by atoms with Crippen LogP contribution in [0.2, 0.25) is 0 Å². The third kappa shape index (κ3) is 4.90. The fourth-order valence-electron chi connectivity index (χ4n) is 4.54. The van der Waals surface area contributed by atoms with E-state index in [4.69, 9.17) is 5.84 Å². The van der Waals surface area contributed by atoms with Crippen LogP contribution in [0.1, 0.15) is 41.3 Å². The molecular formula is C27H28N8O2. The fraction of sp³-hybridized carbons (Fsp3) is 0.259. The summed E-state index contributed by atoms with van der Waals surface area (Å²) in [7, 11) is 0. The van der Waals surface area contributed by atoms with Gasteiger partial charge in [-0.25, -0.2) is 15.8 Å². The number of hydrogen-bond acceptors (Lipinski definition) is 8. The van der Waals surface area contributed by atoms with Gasteiger partial charge in [0, 0.05) is 36.8 Å². The SMILES string of the molecule is CCC#CC(=O)N1CC[C@@H](N2NC(c3ccc(C(=O)Nc4cc(C)ccn4)cc3)=C3C2=CN=CN3N)C1. The van der Waals surface area contributed by atoms with Crippen molar-refractivity contribution in [2.45, 2.75) is 32.7 Å². The van der Waals surface area contributed by atoms with Gasteiger partial charge in [0.15, 0.2) is 0 Å². The van der Waals surface area contributed by atoms with Crippen molar-refractivity contribution < 1.29 is 9.59 Å². The summed E-state index contributed by atoms with van der Waals surface area (Å²) in [5.74, 6) is 11.9. The normalized spacial score (nSPS) is 18.2. The molecule has 1 saturated heterocycles. The van der Waals surface area contributed by atoms with Gasteiger partial charge in [-0.2, -0.15) is 0 Å². The summed E-state index contributed by atoms with van der Waals surface area (Å²) in [6, 6.07) is 11.0. The quantitative estimate of drug-likeness (QED) is 0.439. The van der Waals surface area contributed by atoms with Crippen LogP contribution in [0, 0.1) is 18.8 Å². The molecule has 4 N–H and O–H groups in total. The van der Waals surface area contributed by atoms with Crippen LogP contribution in [-0.2, 0) is 4.79 Å². The summed E-state index contributed by atoms with van der Waals surface area (Å²) in [4.78, 5) is 35.4. The number of likely N-dealkylation sites (tertiary alicyclic amines) is 1. The van der Waals surface area contributed by atoms with Crippen LogP contribution >= 0.6 is 0 Å². The topological polar surface area (TPSA) is 119 Å². The van der Waals surface area contributed by atoms with Gasteiger partial charge in [-0.3, -0.25) is 25.0 Å². The Balaban J connectivity index is 1.34. The summed E-state index contributed by atoms with van der Waals surface area (Å²) < 4.78 is 0. The van der Waals surface area contributed by atoms with E-state index in [9.17, 15) is 9.59 Å². The maximum atomic E-state index is 12.7. The number of carbonyl (C=O) groups is 2. The van der Waals surface area contributed by atoms with Gasteiger partial charge in [-0.15, -0.1) is 0 Å². The molecule has 0 radical (unpaired) electrons. The lowest BCUT2D eigenvalue weighted by Crippen LogP contribution is -2.43. The average Bonchev–Trinajstić information content (AvgIpc) is 3.53. The van der Waals surface area contributed by atoms with Crippen LogP contribution in [0.4, 0.5) is 5.82 Å². The molecule has 0 unspecified atom stereocenters.